The van der Waals surface area contributed by atoms with E-state index < -0.39 is 12.1 Å². The lowest BCUT2D eigenvalue weighted by Crippen LogP contribution is -2.21. The van der Waals surface area contributed by atoms with Crippen LogP contribution in [0.3, 0.4) is 0 Å². The molecule has 8 heteroatoms. The van der Waals surface area contributed by atoms with Crippen LogP contribution < -0.4 is 10.4 Å². The smallest absolute Gasteiger partial charge is 0.333 e. The third-order valence-electron chi connectivity index (χ3n) is 6.40. The minimum absolute atomic E-state index is 0.0337. The van der Waals surface area contributed by atoms with Gasteiger partial charge in [-0.3, -0.25) is 19.1 Å². The summed E-state index contributed by atoms with van der Waals surface area (Å²) in [6.07, 6.45) is 4.96. The van der Waals surface area contributed by atoms with E-state index in [1.54, 1.807) is 34.8 Å². The second-order valence-electron chi connectivity index (χ2n) is 9.13. The molecule has 180 valence electrons. The van der Waals surface area contributed by atoms with Gasteiger partial charge in [-0.1, -0.05) is 18.2 Å². The zero-order valence-corrected chi connectivity index (χ0v) is 20.2. The summed E-state index contributed by atoms with van der Waals surface area (Å²) >= 11 is 0. The number of aryl methyl sites for hydroxylation is 1. The first-order chi connectivity index (χ1) is 17.3. The van der Waals surface area contributed by atoms with Gasteiger partial charge in [0, 0.05) is 24.2 Å². The Morgan fingerprint density at radius 3 is 2.56 bits per heavy atom. The van der Waals surface area contributed by atoms with Crippen molar-refractivity contribution < 1.29 is 9.13 Å². The summed E-state index contributed by atoms with van der Waals surface area (Å²) in [5.74, 6) is 0.485. The third-order valence-corrected chi connectivity index (χ3v) is 6.40. The van der Waals surface area contributed by atoms with Gasteiger partial charge in [0.2, 0.25) is 0 Å². The molecule has 7 nitrogen and oxygen atoms in total. The normalized spacial score (nSPS) is 11.6. The second kappa shape index (κ2) is 8.93. The molecule has 0 radical (unpaired) electrons. The van der Waals surface area contributed by atoms with Gasteiger partial charge < -0.3 is 4.74 Å². The monoisotopic (exact) mass is 481 g/mol. The zero-order chi connectivity index (χ0) is 25.4. The molecule has 0 bridgehead atoms. The van der Waals surface area contributed by atoms with Crippen LogP contribution in [-0.2, 0) is 12.5 Å². The molecule has 0 atom stereocenters. The molecule has 0 fully saturated rings. The Bertz CT molecular complexity index is 1690. The predicted octanol–water partition coefficient (Wildman–Crippen LogP) is 5.09. The average Bonchev–Trinajstić information content (AvgIpc) is 3.17. The molecule has 0 unspecified atom stereocenters. The topological polar surface area (TPSA) is 85.7 Å². The van der Waals surface area contributed by atoms with Crippen LogP contribution in [0, 0.1) is 11.3 Å². The number of hydrogen-bond donors (Lipinski definition) is 0. The lowest BCUT2D eigenvalue weighted by Gasteiger charge is -2.16. The molecule has 3 aromatic heterocycles. The lowest BCUT2D eigenvalue weighted by atomic mass is 9.86. The van der Waals surface area contributed by atoms with Gasteiger partial charge in [0.1, 0.15) is 19.0 Å². The van der Waals surface area contributed by atoms with Crippen LogP contribution in [0.2, 0.25) is 0 Å². The van der Waals surface area contributed by atoms with Crippen LogP contribution in [-0.4, -0.2) is 32.4 Å². The summed E-state index contributed by atoms with van der Waals surface area (Å²) in [4.78, 5) is 22.2. The number of fused-ring (bicyclic) bond motifs is 3. The van der Waals surface area contributed by atoms with E-state index in [0.717, 1.165) is 33.1 Å². The van der Waals surface area contributed by atoms with E-state index in [2.05, 4.69) is 16.0 Å². The van der Waals surface area contributed by atoms with Crippen molar-refractivity contribution in [3.8, 4) is 28.6 Å². The highest BCUT2D eigenvalue weighted by Gasteiger charge is 2.21. The van der Waals surface area contributed by atoms with Gasteiger partial charge in [-0.2, -0.15) is 5.26 Å². The number of alkyl halides is 1. The number of halogens is 1. The van der Waals surface area contributed by atoms with Crippen LogP contribution in [0.25, 0.3) is 38.8 Å². The Balaban J connectivity index is 1.71. The number of nitriles is 1. The first-order valence-electron chi connectivity index (χ1n) is 11.5. The highest BCUT2D eigenvalue weighted by Crippen LogP contribution is 2.31. The van der Waals surface area contributed by atoms with E-state index in [-0.39, 0.29) is 12.3 Å². The molecule has 2 aromatic carbocycles. The van der Waals surface area contributed by atoms with E-state index >= 15 is 0 Å². The van der Waals surface area contributed by atoms with Crippen molar-refractivity contribution in [1.82, 2.24) is 19.1 Å². The summed E-state index contributed by atoms with van der Waals surface area (Å²) < 4.78 is 21.2. The molecular formula is C28H24FN5O2. The molecule has 36 heavy (non-hydrogen) atoms. The fraction of sp³-hybridized carbons (Fsp3) is 0.214. The maximum absolute atomic E-state index is 13.4. The minimum atomic E-state index is -0.635. The van der Waals surface area contributed by atoms with Crippen molar-refractivity contribution in [3.63, 3.8) is 0 Å². The molecule has 0 spiro atoms. The number of pyridine rings is 2. The Morgan fingerprint density at radius 1 is 1.06 bits per heavy atom. The Labute approximate surface area is 207 Å². The molecule has 3 heterocycles. The number of imidazole rings is 1. The van der Waals surface area contributed by atoms with E-state index in [1.165, 1.54) is 0 Å². The summed E-state index contributed by atoms with van der Waals surface area (Å²) in [7, 11) is 1.72. The highest BCUT2D eigenvalue weighted by atomic mass is 19.1. The SMILES string of the molecule is Cn1c(=O)n(-c2ccc(C(C)(C)C#N)cc2)c2c3cc(-c4cncc(OCCF)c4)ccc3ncc21. The number of hydrogen-bond acceptors (Lipinski definition) is 5. The van der Waals surface area contributed by atoms with Crippen LogP contribution >= 0.6 is 0 Å². The summed E-state index contributed by atoms with van der Waals surface area (Å²) in [6, 6.07) is 17.4. The molecule has 0 saturated heterocycles. The molecule has 0 saturated carbocycles. The summed E-state index contributed by atoms with van der Waals surface area (Å²) in [5.41, 5.74) is 4.59. The van der Waals surface area contributed by atoms with Gasteiger partial charge in [0.25, 0.3) is 0 Å². The van der Waals surface area contributed by atoms with Crippen LogP contribution in [0.5, 0.6) is 5.75 Å². The lowest BCUT2D eigenvalue weighted by molar-refractivity contribution is 0.272. The zero-order valence-electron chi connectivity index (χ0n) is 20.2. The molecule has 5 aromatic rings. The van der Waals surface area contributed by atoms with Gasteiger partial charge in [0.15, 0.2) is 0 Å². The Hall–Kier alpha value is -4.51. The van der Waals surface area contributed by atoms with Crippen LogP contribution in [0.15, 0.2) is 71.9 Å². The van der Waals surface area contributed by atoms with Crippen molar-refractivity contribution >= 4 is 21.9 Å². The molecule has 0 amide bonds. The maximum atomic E-state index is 13.4. The van der Waals surface area contributed by atoms with Gasteiger partial charge in [-0.05, 0) is 55.3 Å². The van der Waals surface area contributed by atoms with E-state index in [1.807, 2.05) is 62.4 Å². The van der Waals surface area contributed by atoms with Crippen molar-refractivity contribution in [1.29, 1.82) is 5.26 Å². The minimum Gasteiger partial charge on any atom is -0.489 e. The number of benzene rings is 2. The van der Waals surface area contributed by atoms with Gasteiger partial charge in [-0.15, -0.1) is 0 Å². The highest BCUT2D eigenvalue weighted by molar-refractivity contribution is 6.04. The second-order valence-corrected chi connectivity index (χ2v) is 9.13. The van der Waals surface area contributed by atoms with Crippen molar-refractivity contribution in [3.05, 3.63) is 83.2 Å². The van der Waals surface area contributed by atoms with E-state index in [0.29, 0.717) is 17.0 Å². The van der Waals surface area contributed by atoms with Gasteiger partial charge in [-0.25, -0.2) is 9.18 Å². The Morgan fingerprint density at radius 2 is 1.83 bits per heavy atom. The standard InChI is InChI=1S/C28H24FN5O2/c1-28(2,17-30)20-5-7-21(8-6-20)34-26-23-13-18(19-12-22(15-31-14-19)36-11-10-29)4-9-24(23)32-16-25(26)33(3)27(34)35/h4-9,12-16H,10-11H2,1-3H3. The number of rotatable bonds is 6. The van der Waals surface area contributed by atoms with Crippen LogP contribution in [0.4, 0.5) is 4.39 Å². The largest absolute Gasteiger partial charge is 0.489 e. The van der Waals surface area contributed by atoms with Gasteiger partial charge in [0.05, 0.1) is 46.1 Å². The molecule has 0 N–H and O–H groups in total. The van der Waals surface area contributed by atoms with Gasteiger partial charge >= 0.3 is 5.69 Å². The molecule has 0 aliphatic carbocycles. The fourth-order valence-electron chi connectivity index (χ4n) is 4.32. The first-order valence-corrected chi connectivity index (χ1v) is 11.5. The van der Waals surface area contributed by atoms with Crippen LogP contribution in [0.1, 0.15) is 19.4 Å². The van der Waals surface area contributed by atoms with E-state index in [4.69, 9.17) is 4.74 Å². The molecular weight excluding hydrogens is 457 g/mol. The fourth-order valence-corrected chi connectivity index (χ4v) is 4.32. The third kappa shape index (κ3) is 3.89. The number of aromatic nitrogens is 4. The predicted molar refractivity (Wildman–Crippen MR) is 137 cm³/mol. The summed E-state index contributed by atoms with van der Waals surface area (Å²) in [5, 5.41) is 10.3. The summed E-state index contributed by atoms with van der Waals surface area (Å²) in [6.45, 7) is 3.11. The molecule has 0 aliphatic rings. The number of nitrogens with zero attached hydrogens (tertiary/aromatic N) is 5. The quantitative estimate of drug-likeness (QED) is 0.337. The average molecular weight is 482 g/mol. The van der Waals surface area contributed by atoms with Crippen molar-refractivity contribution in [2.45, 2.75) is 19.3 Å². The van der Waals surface area contributed by atoms with Crippen molar-refractivity contribution in [2.24, 2.45) is 7.05 Å². The molecule has 0 aliphatic heterocycles. The number of ether oxygens (including phenoxy) is 1. The Kier molecular flexibility index (Phi) is 5.77. The maximum Gasteiger partial charge on any atom is 0.333 e. The van der Waals surface area contributed by atoms with Crippen molar-refractivity contribution in [2.75, 3.05) is 13.3 Å². The van der Waals surface area contributed by atoms with E-state index in [9.17, 15) is 14.4 Å². The molecule has 5 rings (SSSR count). The first kappa shape index (κ1) is 23.2.